The lowest BCUT2D eigenvalue weighted by molar-refractivity contribution is 0.102. The van der Waals surface area contributed by atoms with Gasteiger partial charge in [-0.15, -0.1) is 10.2 Å². The number of unbranched alkanes of at least 4 members (excludes halogenated alkanes) is 1. The normalized spacial score (nSPS) is 13.3. The molecule has 3 aromatic rings. The first-order valence-electron chi connectivity index (χ1n) is 11.4. The van der Waals surface area contributed by atoms with Crippen LogP contribution in [0.2, 0.25) is 0 Å². The minimum absolute atomic E-state index is 0.141. The molecule has 32 heavy (non-hydrogen) atoms. The van der Waals surface area contributed by atoms with Crippen molar-refractivity contribution in [3.8, 4) is 11.4 Å². The van der Waals surface area contributed by atoms with Gasteiger partial charge in [-0.25, -0.2) is 4.39 Å². The molecule has 2 aromatic carbocycles. The predicted octanol–water partition coefficient (Wildman–Crippen LogP) is 5.30. The second-order valence-electron chi connectivity index (χ2n) is 8.37. The molecule has 0 spiro atoms. The van der Waals surface area contributed by atoms with Gasteiger partial charge in [-0.05, 0) is 61.7 Å². The number of aromatic nitrogens is 3. The van der Waals surface area contributed by atoms with Crippen LogP contribution < -0.4 is 10.2 Å². The molecule has 0 fully saturated rings. The quantitative estimate of drug-likeness (QED) is 0.547. The average molecular weight is 436 g/mol. The first kappa shape index (κ1) is 22.0. The average Bonchev–Trinajstić information content (AvgIpc) is 3.06. The lowest BCUT2D eigenvalue weighted by Gasteiger charge is -2.19. The molecule has 0 bridgehead atoms. The molecule has 6 nitrogen and oxygen atoms in total. The number of benzene rings is 2. The molecule has 1 aliphatic heterocycles. The van der Waals surface area contributed by atoms with Gasteiger partial charge in [0, 0.05) is 43.4 Å². The zero-order chi connectivity index (χ0) is 22.5. The van der Waals surface area contributed by atoms with Crippen molar-refractivity contribution in [2.24, 2.45) is 0 Å². The topological polar surface area (TPSA) is 63.1 Å². The Kier molecular flexibility index (Phi) is 6.83. The van der Waals surface area contributed by atoms with Gasteiger partial charge in [0.15, 0.2) is 5.82 Å². The summed E-state index contributed by atoms with van der Waals surface area (Å²) in [6, 6.07) is 12.1. The number of rotatable bonds is 7. The van der Waals surface area contributed by atoms with Gasteiger partial charge in [-0.2, -0.15) is 0 Å². The number of amides is 1. The van der Waals surface area contributed by atoms with Gasteiger partial charge in [0.25, 0.3) is 5.91 Å². The number of carbonyl (C=O) groups excluding carboxylic acids is 1. The van der Waals surface area contributed by atoms with Gasteiger partial charge in [-0.3, -0.25) is 4.79 Å². The zero-order valence-electron chi connectivity index (χ0n) is 18.8. The van der Waals surface area contributed by atoms with Crippen LogP contribution in [0.1, 0.15) is 55.2 Å². The Hall–Kier alpha value is -3.22. The first-order chi connectivity index (χ1) is 15.6. The second kappa shape index (κ2) is 9.94. The van der Waals surface area contributed by atoms with Crippen molar-refractivity contribution in [2.75, 3.05) is 23.8 Å². The molecule has 168 valence electrons. The van der Waals surface area contributed by atoms with E-state index in [1.807, 2.05) is 19.2 Å². The number of fused-ring (bicyclic) bond motifs is 1. The summed E-state index contributed by atoms with van der Waals surface area (Å²) >= 11 is 0. The van der Waals surface area contributed by atoms with Crippen LogP contribution in [0, 0.1) is 5.82 Å². The maximum Gasteiger partial charge on any atom is 0.255 e. The maximum atomic E-state index is 14.5. The molecule has 0 saturated carbocycles. The Morgan fingerprint density at radius 1 is 1.12 bits per heavy atom. The van der Waals surface area contributed by atoms with E-state index in [0.29, 0.717) is 5.56 Å². The van der Waals surface area contributed by atoms with Crippen LogP contribution in [0.3, 0.4) is 0 Å². The Morgan fingerprint density at radius 3 is 2.72 bits per heavy atom. The van der Waals surface area contributed by atoms with Gasteiger partial charge >= 0.3 is 0 Å². The number of halogens is 1. The fraction of sp³-hybridized carbons (Fsp3) is 0.400. The van der Waals surface area contributed by atoms with Crippen LogP contribution in [0.15, 0.2) is 42.5 Å². The highest BCUT2D eigenvalue weighted by atomic mass is 19.1. The minimum Gasteiger partial charge on any atom is -0.375 e. The number of anilines is 2. The predicted molar refractivity (Wildman–Crippen MR) is 126 cm³/mol. The van der Waals surface area contributed by atoms with Crippen LogP contribution in [0.5, 0.6) is 0 Å². The molecule has 0 radical (unpaired) electrons. The van der Waals surface area contributed by atoms with Crippen molar-refractivity contribution < 1.29 is 9.18 Å². The third-order valence-electron chi connectivity index (χ3n) is 6.00. The summed E-state index contributed by atoms with van der Waals surface area (Å²) in [5.74, 6) is 0.866. The highest BCUT2D eigenvalue weighted by Gasteiger charge is 2.18. The van der Waals surface area contributed by atoms with E-state index in [1.54, 1.807) is 24.3 Å². The second-order valence-corrected chi connectivity index (χ2v) is 8.37. The molecule has 1 aromatic heterocycles. The molecule has 2 heterocycles. The molecule has 0 aliphatic carbocycles. The van der Waals surface area contributed by atoms with Crippen molar-refractivity contribution in [1.82, 2.24) is 14.8 Å². The van der Waals surface area contributed by atoms with Crippen LogP contribution >= 0.6 is 0 Å². The highest BCUT2D eigenvalue weighted by Crippen LogP contribution is 2.27. The van der Waals surface area contributed by atoms with Crippen LogP contribution in [-0.2, 0) is 13.0 Å². The minimum atomic E-state index is -0.478. The Bertz CT molecular complexity index is 1080. The van der Waals surface area contributed by atoms with Gasteiger partial charge in [0.05, 0.1) is 5.69 Å². The van der Waals surface area contributed by atoms with E-state index in [-0.39, 0.29) is 11.6 Å². The van der Waals surface area contributed by atoms with E-state index in [4.69, 9.17) is 0 Å². The smallest absolute Gasteiger partial charge is 0.255 e. The van der Waals surface area contributed by atoms with E-state index in [2.05, 4.69) is 31.9 Å². The summed E-state index contributed by atoms with van der Waals surface area (Å²) in [5.41, 5.74) is 2.42. The van der Waals surface area contributed by atoms with Gasteiger partial charge in [0.2, 0.25) is 0 Å². The van der Waals surface area contributed by atoms with Crippen LogP contribution in [0.25, 0.3) is 11.4 Å². The summed E-state index contributed by atoms with van der Waals surface area (Å²) in [7, 11) is 2.04. The number of nitrogens with one attached hydrogen (secondary N) is 1. The van der Waals surface area contributed by atoms with Crippen molar-refractivity contribution in [1.29, 1.82) is 0 Å². The standard InChI is InChI=1S/C25H30FN5O/c1-3-4-15-30(2)20-12-9-18(10-13-20)25(32)27-22-17-19(11-14-21(22)26)24-29-28-23-8-6-5-7-16-31(23)24/h9-14,17H,3-8,15-16H2,1-2H3,(H,27,32). The van der Waals surface area contributed by atoms with Crippen molar-refractivity contribution in [3.63, 3.8) is 0 Å². The fourth-order valence-corrected chi connectivity index (χ4v) is 4.04. The number of carbonyl (C=O) groups is 1. The molecular formula is C25H30FN5O. The number of hydrogen-bond acceptors (Lipinski definition) is 4. The summed E-state index contributed by atoms with van der Waals surface area (Å²) < 4.78 is 16.6. The third-order valence-corrected chi connectivity index (χ3v) is 6.00. The van der Waals surface area contributed by atoms with Gasteiger partial charge < -0.3 is 14.8 Å². The zero-order valence-corrected chi connectivity index (χ0v) is 18.8. The Morgan fingerprint density at radius 2 is 1.94 bits per heavy atom. The molecule has 4 rings (SSSR count). The molecule has 0 atom stereocenters. The van der Waals surface area contributed by atoms with Crippen molar-refractivity contribution in [3.05, 3.63) is 59.7 Å². The lowest BCUT2D eigenvalue weighted by Crippen LogP contribution is -2.18. The Labute approximate surface area is 188 Å². The highest BCUT2D eigenvalue weighted by molar-refractivity contribution is 6.04. The number of hydrogen-bond donors (Lipinski definition) is 1. The number of nitrogens with zero attached hydrogens (tertiary/aromatic N) is 4. The largest absolute Gasteiger partial charge is 0.375 e. The van der Waals surface area contributed by atoms with Gasteiger partial charge in [0.1, 0.15) is 11.6 Å². The van der Waals surface area contributed by atoms with Crippen molar-refractivity contribution >= 4 is 17.3 Å². The van der Waals surface area contributed by atoms with Crippen LogP contribution in [0.4, 0.5) is 15.8 Å². The molecule has 1 aliphatic rings. The van der Waals surface area contributed by atoms with Crippen LogP contribution in [-0.4, -0.2) is 34.3 Å². The summed E-state index contributed by atoms with van der Waals surface area (Å²) in [6.45, 7) is 3.98. The molecule has 7 heteroatoms. The lowest BCUT2D eigenvalue weighted by atomic mass is 10.1. The summed E-state index contributed by atoms with van der Waals surface area (Å²) in [4.78, 5) is 14.9. The third kappa shape index (κ3) is 4.82. The van der Waals surface area contributed by atoms with E-state index < -0.39 is 5.82 Å². The van der Waals surface area contributed by atoms with E-state index in [0.717, 1.165) is 68.1 Å². The molecule has 1 N–H and O–H groups in total. The monoisotopic (exact) mass is 435 g/mol. The molecular weight excluding hydrogens is 405 g/mol. The molecule has 0 saturated heterocycles. The maximum absolute atomic E-state index is 14.5. The number of aryl methyl sites for hydroxylation is 1. The van der Waals surface area contributed by atoms with E-state index in [9.17, 15) is 9.18 Å². The van der Waals surface area contributed by atoms with Gasteiger partial charge in [-0.1, -0.05) is 19.8 Å². The molecule has 0 unspecified atom stereocenters. The fourth-order valence-electron chi connectivity index (χ4n) is 4.04. The van der Waals surface area contributed by atoms with Crippen molar-refractivity contribution in [2.45, 2.75) is 52.0 Å². The summed E-state index contributed by atoms with van der Waals surface area (Å²) in [6.07, 6.45) is 6.50. The van der Waals surface area contributed by atoms with E-state index >= 15 is 0 Å². The summed E-state index contributed by atoms with van der Waals surface area (Å²) in [5, 5.41) is 11.4. The Balaban J connectivity index is 1.51. The molecule has 1 amide bonds. The van der Waals surface area contributed by atoms with E-state index in [1.165, 1.54) is 12.5 Å². The first-order valence-corrected chi connectivity index (χ1v) is 11.4. The SMILES string of the molecule is CCCCN(C)c1ccc(C(=O)Nc2cc(-c3nnc4n3CCCCC4)ccc2F)cc1.